The predicted molar refractivity (Wildman–Crippen MR) is 117 cm³/mol. The highest BCUT2D eigenvalue weighted by Crippen LogP contribution is 2.16. The second kappa shape index (κ2) is 11.3. The van der Waals surface area contributed by atoms with Gasteiger partial charge in [-0.25, -0.2) is 0 Å². The maximum absolute atomic E-state index is 12.4. The lowest BCUT2D eigenvalue weighted by atomic mass is 10.2. The fraction of sp³-hybridized carbons (Fsp3) is 0.611. The number of carbonyl (C=O) groups excluding carboxylic acids is 1. The van der Waals surface area contributed by atoms with Crippen molar-refractivity contribution in [3.63, 3.8) is 0 Å². The molecule has 1 aromatic rings. The Hall–Kier alpha value is -1.62. The lowest BCUT2D eigenvalue weighted by Crippen LogP contribution is -2.55. The highest BCUT2D eigenvalue weighted by atomic mass is 127. The van der Waals surface area contributed by atoms with E-state index in [0.717, 1.165) is 50.7 Å². The Bertz CT molecular complexity index is 601. The molecule has 2 saturated heterocycles. The SMILES string of the molecule is CN=C(NCCNc1ccncc1)N1CCN(C(=O)C2CCCO2)CC1.I. The van der Waals surface area contributed by atoms with E-state index in [1.54, 1.807) is 19.4 Å². The van der Waals surface area contributed by atoms with E-state index >= 15 is 0 Å². The van der Waals surface area contributed by atoms with Crippen LogP contribution in [0.15, 0.2) is 29.5 Å². The van der Waals surface area contributed by atoms with Gasteiger partial charge < -0.3 is 25.2 Å². The molecule has 9 heteroatoms. The fourth-order valence-electron chi connectivity index (χ4n) is 3.30. The molecule has 1 amide bonds. The van der Waals surface area contributed by atoms with Gasteiger partial charge in [-0.15, -0.1) is 24.0 Å². The second-order valence-corrected chi connectivity index (χ2v) is 6.45. The molecule has 150 valence electrons. The van der Waals surface area contributed by atoms with Crippen molar-refractivity contribution in [3.8, 4) is 0 Å². The van der Waals surface area contributed by atoms with Gasteiger partial charge in [0.1, 0.15) is 6.10 Å². The number of aliphatic imine (C=N–C) groups is 1. The summed E-state index contributed by atoms with van der Waals surface area (Å²) in [5.41, 5.74) is 1.05. The number of nitrogens with one attached hydrogen (secondary N) is 2. The van der Waals surface area contributed by atoms with Gasteiger partial charge in [0, 0.05) is 71.0 Å². The van der Waals surface area contributed by atoms with Crippen LogP contribution < -0.4 is 10.6 Å². The van der Waals surface area contributed by atoms with E-state index in [9.17, 15) is 4.79 Å². The monoisotopic (exact) mass is 488 g/mol. The first-order valence-electron chi connectivity index (χ1n) is 9.28. The van der Waals surface area contributed by atoms with Gasteiger partial charge in [0.25, 0.3) is 5.91 Å². The zero-order valence-electron chi connectivity index (χ0n) is 15.8. The first kappa shape index (κ1) is 21.7. The minimum atomic E-state index is -0.224. The summed E-state index contributed by atoms with van der Waals surface area (Å²) >= 11 is 0. The van der Waals surface area contributed by atoms with Gasteiger partial charge in [-0.3, -0.25) is 14.8 Å². The molecule has 1 unspecified atom stereocenters. The van der Waals surface area contributed by atoms with Crippen LogP contribution in [0, 0.1) is 0 Å². The van der Waals surface area contributed by atoms with Gasteiger partial charge in [-0.05, 0) is 25.0 Å². The summed E-state index contributed by atoms with van der Waals surface area (Å²) < 4.78 is 5.51. The van der Waals surface area contributed by atoms with E-state index in [4.69, 9.17) is 4.74 Å². The number of halogens is 1. The molecule has 0 aliphatic carbocycles. The Morgan fingerprint density at radius 2 is 1.93 bits per heavy atom. The molecule has 0 spiro atoms. The molecular formula is C18H29IN6O2. The number of guanidine groups is 1. The number of aromatic nitrogens is 1. The normalized spacial score (nSPS) is 20.2. The maximum Gasteiger partial charge on any atom is 0.251 e. The number of hydrogen-bond donors (Lipinski definition) is 2. The molecular weight excluding hydrogens is 459 g/mol. The maximum atomic E-state index is 12.4. The van der Waals surface area contributed by atoms with Gasteiger partial charge in [0.15, 0.2) is 5.96 Å². The quantitative estimate of drug-likeness (QED) is 0.279. The lowest BCUT2D eigenvalue weighted by Gasteiger charge is -2.37. The van der Waals surface area contributed by atoms with Crippen molar-refractivity contribution in [2.24, 2.45) is 4.99 Å². The van der Waals surface area contributed by atoms with Crippen LogP contribution in [0.25, 0.3) is 0 Å². The minimum absolute atomic E-state index is 0. The van der Waals surface area contributed by atoms with Crippen LogP contribution in [-0.2, 0) is 9.53 Å². The van der Waals surface area contributed by atoms with Gasteiger partial charge in [-0.1, -0.05) is 0 Å². The Morgan fingerprint density at radius 1 is 1.22 bits per heavy atom. The van der Waals surface area contributed by atoms with Crippen molar-refractivity contribution in [1.29, 1.82) is 0 Å². The fourth-order valence-corrected chi connectivity index (χ4v) is 3.30. The van der Waals surface area contributed by atoms with E-state index < -0.39 is 0 Å². The van der Waals surface area contributed by atoms with Gasteiger partial charge in [0.2, 0.25) is 0 Å². The van der Waals surface area contributed by atoms with Crippen molar-refractivity contribution in [1.82, 2.24) is 20.1 Å². The second-order valence-electron chi connectivity index (χ2n) is 6.45. The van der Waals surface area contributed by atoms with E-state index in [0.29, 0.717) is 19.7 Å². The van der Waals surface area contributed by atoms with Crippen LogP contribution >= 0.6 is 24.0 Å². The Morgan fingerprint density at radius 3 is 2.56 bits per heavy atom. The number of amides is 1. The smallest absolute Gasteiger partial charge is 0.251 e. The van der Waals surface area contributed by atoms with Crippen molar-refractivity contribution in [3.05, 3.63) is 24.5 Å². The average Bonchev–Trinajstić information content (AvgIpc) is 3.23. The third-order valence-electron chi connectivity index (χ3n) is 4.73. The zero-order chi connectivity index (χ0) is 18.2. The molecule has 2 N–H and O–H groups in total. The molecule has 1 atom stereocenters. The molecule has 0 aromatic carbocycles. The van der Waals surface area contributed by atoms with Crippen molar-refractivity contribution in [2.45, 2.75) is 18.9 Å². The summed E-state index contributed by atoms with van der Waals surface area (Å²) in [6.45, 7) is 5.28. The van der Waals surface area contributed by atoms with Crippen LogP contribution in [0.5, 0.6) is 0 Å². The highest BCUT2D eigenvalue weighted by Gasteiger charge is 2.30. The third-order valence-corrected chi connectivity index (χ3v) is 4.73. The van der Waals surface area contributed by atoms with Gasteiger partial charge in [0.05, 0.1) is 0 Å². The third kappa shape index (κ3) is 6.20. The van der Waals surface area contributed by atoms with Crippen molar-refractivity contribution < 1.29 is 9.53 Å². The zero-order valence-corrected chi connectivity index (χ0v) is 18.1. The summed E-state index contributed by atoms with van der Waals surface area (Å²) in [7, 11) is 1.79. The largest absolute Gasteiger partial charge is 0.383 e. The Labute approximate surface area is 177 Å². The lowest BCUT2D eigenvalue weighted by molar-refractivity contribution is -0.142. The van der Waals surface area contributed by atoms with E-state index in [-0.39, 0.29) is 36.0 Å². The molecule has 0 saturated carbocycles. The number of piperazine rings is 1. The summed E-state index contributed by atoms with van der Waals surface area (Å²) in [6.07, 6.45) is 5.16. The van der Waals surface area contributed by atoms with Crippen LogP contribution in [0.2, 0.25) is 0 Å². The van der Waals surface area contributed by atoms with Crippen LogP contribution in [0.1, 0.15) is 12.8 Å². The Balaban J connectivity index is 0.00000261. The predicted octanol–water partition coefficient (Wildman–Crippen LogP) is 1.01. The minimum Gasteiger partial charge on any atom is -0.383 e. The topological polar surface area (TPSA) is 82.1 Å². The molecule has 2 aliphatic heterocycles. The van der Waals surface area contributed by atoms with Crippen LogP contribution in [0.4, 0.5) is 5.69 Å². The highest BCUT2D eigenvalue weighted by molar-refractivity contribution is 14.0. The van der Waals surface area contributed by atoms with Crippen molar-refractivity contribution in [2.75, 3.05) is 58.2 Å². The van der Waals surface area contributed by atoms with E-state index in [1.165, 1.54) is 0 Å². The molecule has 1 aromatic heterocycles. The molecule has 2 aliphatic rings. The molecule has 0 radical (unpaired) electrons. The van der Waals surface area contributed by atoms with E-state index in [1.807, 2.05) is 17.0 Å². The van der Waals surface area contributed by atoms with Gasteiger partial charge in [-0.2, -0.15) is 0 Å². The molecule has 8 nitrogen and oxygen atoms in total. The Kier molecular flexibility index (Phi) is 9.05. The summed E-state index contributed by atoms with van der Waals surface area (Å²) in [4.78, 5) is 24.9. The number of hydrogen-bond acceptors (Lipinski definition) is 5. The van der Waals surface area contributed by atoms with Crippen LogP contribution in [0.3, 0.4) is 0 Å². The first-order chi connectivity index (χ1) is 12.8. The van der Waals surface area contributed by atoms with Crippen molar-refractivity contribution >= 4 is 41.5 Å². The average molecular weight is 488 g/mol. The number of carbonyl (C=O) groups is 1. The summed E-state index contributed by atoms with van der Waals surface area (Å²) in [5.74, 6) is 1.03. The number of nitrogens with zero attached hydrogens (tertiary/aromatic N) is 4. The summed E-state index contributed by atoms with van der Waals surface area (Å²) in [6, 6.07) is 3.89. The molecule has 27 heavy (non-hydrogen) atoms. The number of pyridine rings is 1. The molecule has 2 fully saturated rings. The number of ether oxygens (including phenoxy) is 1. The van der Waals surface area contributed by atoms with Gasteiger partial charge >= 0.3 is 0 Å². The molecule has 0 bridgehead atoms. The molecule has 3 rings (SSSR count). The number of rotatable bonds is 5. The molecule has 3 heterocycles. The number of anilines is 1. The first-order valence-corrected chi connectivity index (χ1v) is 9.28. The van der Waals surface area contributed by atoms with E-state index in [2.05, 4.69) is 25.5 Å². The standard InChI is InChI=1S/C18H28N6O2.HI/c1-19-18(22-9-8-21-15-4-6-20-7-5-15)24-12-10-23(11-13-24)17(25)16-3-2-14-26-16;/h4-7,16H,2-3,8-14H2,1H3,(H,19,22)(H,20,21);1H. The summed E-state index contributed by atoms with van der Waals surface area (Å²) in [5, 5.41) is 6.72. The van der Waals surface area contributed by atoms with Crippen LogP contribution in [-0.4, -0.2) is 85.7 Å².